The van der Waals surface area contributed by atoms with E-state index < -0.39 is 10.0 Å². The van der Waals surface area contributed by atoms with E-state index in [1.165, 1.54) is 32.1 Å². The Balaban J connectivity index is 1.92. The van der Waals surface area contributed by atoms with Gasteiger partial charge in [0.2, 0.25) is 10.0 Å². The molecule has 4 nitrogen and oxygen atoms in total. The molecule has 20 heavy (non-hydrogen) atoms. The van der Waals surface area contributed by atoms with Crippen molar-refractivity contribution in [1.29, 1.82) is 0 Å². The summed E-state index contributed by atoms with van der Waals surface area (Å²) in [5, 5.41) is 3.52. The number of rotatable bonds is 6. The van der Waals surface area contributed by atoms with Crippen molar-refractivity contribution < 1.29 is 8.42 Å². The molecule has 0 aliphatic heterocycles. The lowest BCUT2D eigenvalue weighted by atomic mass is 9.95. The highest BCUT2D eigenvalue weighted by Crippen LogP contribution is 2.22. The highest BCUT2D eigenvalue weighted by Gasteiger charge is 2.13. The van der Waals surface area contributed by atoms with Gasteiger partial charge in [-0.2, -0.15) is 0 Å². The van der Waals surface area contributed by atoms with E-state index >= 15 is 0 Å². The Bertz CT molecular complexity index is 505. The van der Waals surface area contributed by atoms with Gasteiger partial charge in [-0.3, -0.25) is 4.72 Å². The maximum absolute atomic E-state index is 11.7. The van der Waals surface area contributed by atoms with Gasteiger partial charge in [-0.05, 0) is 43.5 Å². The smallest absolute Gasteiger partial charge is 0.232 e. The molecule has 0 saturated heterocycles. The summed E-state index contributed by atoms with van der Waals surface area (Å²) in [4.78, 5) is 0. The van der Waals surface area contributed by atoms with E-state index in [0.29, 0.717) is 18.2 Å². The number of sulfonamides is 1. The molecule has 0 amide bonds. The summed E-state index contributed by atoms with van der Waals surface area (Å²) in [5.41, 5.74) is 1.70. The van der Waals surface area contributed by atoms with Crippen LogP contribution in [0.2, 0.25) is 0 Å². The van der Waals surface area contributed by atoms with Gasteiger partial charge in [-0.15, -0.1) is 0 Å². The first-order valence-corrected chi connectivity index (χ1v) is 9.11. The van der Waals surface area contributed by atoms with Crippen LogP contribution in [0.1, 0.15) is 45.4 Å². The van der Waals surface area contributed by atoms with Gasteiger partial charge in [0.1, 0.15) is 0 Å². The zero-order valence-electron chi connectivity index (χ0n) is 12.1. The van der Waals surface area contributed by atoms with Crippen LogP contribution in [-0.2, 0) is 10.0 Å². The molecule has 1 aromatic carbocycles. The number of benzene rings is 1. The third kappa shape index (κ3) is 4.71. The fraction of sp³-hybridized carbons (Fsp3) is 0.600. The van der Waals surface area contributed by atoms with Crippen molar-refractivity contribution in [2.45, 2.75) is 51.5 Å². The number of hydrogen-bond acceptors (Lipinski definition) is 3. The van der Waals surface area contributed by atoms with E-state index in [4.69, 9.17) is 0 Å². The van der Waals surface area contributed by atoms with Crippen molar-refractivity contribution >= 4 is 21.4 Å². The van der Waals surface area contributed by atoms with Gasteiger partial charge in [0.05, 0.1) is 5.75 Å². The lowest BCUT2D eigenvalue weighted by molar-refractivity contribution is 0.463. The molecule has 0 radical (unpaired) electrons. The van der Waals surface area contributed by atoms with E-state index in [1.807, 2.05) is 31.2 Å². The molecule has 1 fully saturated rings. The van der Waals surface area contributed by atoms with Gasteiger partial charge in [-0.25, -0.2) is 8.42 Å². The first-order chi connectivity index (χ1) is 9.59. The van der Waals surface area contributed by atoms with Gasteiger partial charge in [0, 0.05) is 17.4 Å². The number of nitrogens with one attached hydrogen (secondary N) is 2. The molecular weight excluding hydrogens is 272 g/mol. The van der Waals surface area contributed by atoms with Crippen molar-refractivity contribution in [3.8, 4) is 0 Å². The number of hydrogen-bond donors (Lipinski definition) is 2. The summed E-state index contributed by atoms with van der Waals surface area (Å²) in [6.07, 6.45) is 7.02. The molecule has 1 saturated carbocycles. The Kier molecular flexibility index (Phi) is 5.29. The van der Waals surface area contributed by atoms with Crippen molar-refractivity contribution in [3.05, 3.63) is 24.3 Å². The van der Waals surface area contributed by atoms with Crippen LogP contribution in [0, 0.1) is 0 Å². The van der Waals surface area contributed by atoms with Crippen LogP contribution in [-0.4, -0.2) is 20.2 Å². The summed E-state index contributed by atoms with van der Waals surface area (Å²) < 4.78 is 25.9. The fourth-order valence-electron chi connectivity index (χ4n) is 2.62. The molecule has 1 aromatic rings. The Hall–Kier alpha value is -1.23. The van der Waals surface area contributed by atoms with E-state index in [1.54, 1.807) is 0 Å². The molecule has 1 aliphatic rings. The molecule has 2 N–H and O–H groups in total. The minimum atomic E-state index is -3.20. The van der Waals surface area contributed by atoms with Crippen LogP contribution in [0.4, 0.5) is 11.4 Å². The zero-order valence-corrected chi connectivity index (χ0v) is 12.9. The first kappa shape index (κ1) is 15.2. The van der Waals surface area contributed by atoms with Crippen molar-refractivity contribution in [2.75, 3.05) is 15.8 Å². The van der Waals surface area contributed by atoms with Gasteiger partial charge >= 0.3 is 0 Å². The van der Waals surface area contributed by atoms with Crippen molar-refractivity contribution in [3.63, 3.8) is 0 Å². The lowest BCUT2D eigenvalue weighted by Crippen LogP contribution is -2.22. The summed E-state index contributed by atoms with van der Waals surface area (Å²) in [5.74, 6) is 0.162. The summed E-state index contributed by atoms with van der Waals surface area (Å²) in [7, 11) is -3.20. The van der Waals surface area contributed by atoms with Crippen LogP contribution in [0.15, 0.2) is 24.3 Å². The van der Waals surface area contributed by atoms with Gasteiger partial charge in [0.15, 0.2) is 0 Å². The average Bonchev–Trinajstić information content (AvgIpc) is 2.42. The molecule has 2 rings (SSSR count). The second-order valence-corrected chi connectivity index (χ2v) is 7.32. The first-order valence-electron chi connectivity index (χ1n) is 7.46. The standard InChI is InChI=1S/C15H24N2O2S/c1-2-12-20(18,19)17-15-10-8-14(9-11-15)16-13-6-4-3-5-7-13/h8-11,13,16-17H,2-7,12H2,1H3. The fourth-order valence-corrected chi connectivity index (χ4v) is 3.75. The minimum Gasteiger partial charge on any atom is -0.382 e. The molecule has 0 aromatic heterocycles. The van der Waals surface area contributed by atoms with Crippen LogP contribution >= 0.6 is 0 Å². The third-order valence-corrected chi connectivity index (χ3v) is 5.10. The second kappa shape index (κ2) is 6.97. The normalized spacial score (nSPS) is 16.9. The van der Waals surface area contributed by atoms with Gasteiger partial charge < -0.3 is 5.32 Å². The summed E-state index contributed by atoms with van der Waals surface area (Å²) in [6, 6.07) is 8.08. The highest BCUT2D eigenvalue weighted by molar-refractivity contribution is 7.92. The topological polar surface area (TPSA) is 58.2 Å². The SMILES string of the molecule is CCCS(=O)(=O)Nc1ccc(NC2CCCCC2)cc1. The highest BCUT2D eigenvalue weighted by atomic mass is 32.2. The molecule has 0 heterocycles. The molecule has 5 heteroatoms. The van der Waals surface area contributed by atoms with Crippen LogP contribution in [0.25, 0.3) is 0 Å². The number of anilines is 2. The monoisotopic (exact) mass is 296 g/mol. The molecule has 0 spiro atoms. The second-order valence-electron chi connectivity index (χ2n) is 5.48. The van der Waals surface area contributed by atoms with Crippen molar-refractivity contribution in [1.82, 2.24) is 0 Å². The molecule has 112 valence electrons. The molecule has 0 unspecified atom stereocenters. The predicted molar refractivity (Wildman–Crippen MR) is 84.6 cm³/mol. The van der Waals surface area contributed by atoms with Crippen molar-refractivity contribution in [2.24, 2.45) is 0 Å². The Labute approximate surface area is 122 Å². The minimum absolute atomic E-state index is 0.162. The largest absolute Gasteiger partial charge is 0.382 e. The molecular formula is C15H24N2O2S. The Morgan fingerprint density at radius 1 is 1.05 bits per heavy atom. The Morgan fingerprint density at radius 3 is 2.25 bits per heavy atom. The van der Waals surface area contributed by atoms with Crippen LogP contribution < -0.4 is 10.0 Å². The van der Waals surface area contributed by atoms with E-state index in [2.05, 4.69) is 10.0 Å². The van der Waals surface area contributed by atoms with Crippen LogP contribution in [0.5, 0.6) is 0 Å². The molecule has 1 aliphatic carbocycles. The maximum atomic E-state index is 11.7. The lowest BCUT2D eigenvalue weighted by Gasteiger charge is -2.23. The maximum Gasteiger partial charge on any atom is 0.232 e. The summed E-state index contributed by atoms with van der Waals surface area (Å²) in [6.45, 7) is 1.86. The zero-order chi connectivity index (χ0) is 14.4. The third-order valence-electron chi connectivity index (χ3n) is 3.61. The summed E-state index contributed by atoms with van der Waals surface area (Å²) >= 11 is 0. The molecule has 0 atom stereocenters. The quantitative estimate of drug-likeness (QED) is 0.843. The van der Waals surface area contributed by atoms with E-state index in [9.17, 15) is 8.42 Å². The van der Waals surface area contributed by atoms with Gasteiger partial charge in [-0.1, -0.05) is 26.2 Å². The molecule has 0 bridgehead atoms. The Morgan fingerprint density at radius 2 is 1.65 bits per heavy atom. The van der Waals surface area contributed by atoms with Crippen LogP contribution in [0.3, 0.4) is 0 Å². The van der Waals surface area contributed by atoms with E-state index in [-0.39, 0.29) is 5.75 Å². The average molecular weight is 296 g/mol. The predicted octanol–water partition coefficient (Wildman–Crippen LogP) is 3.58. The van der Waals surface area contributed by atoms with E-state index in [0.717, 1.165) is 5.69 Å². The van der Waals surface area contributed by atoms with Gasteiger partial charge in [0.25, 0.3) is 0 Å².